The lowest BCUT2D eigenvalue weighted by Gasteiger charge is -2.35. The largest absolute Gasteiger partial charge is 0.486 e. The number of rotatable bonds is 2. The van der Waals surface area contributed by atoms with Crippen LogP contribution in [0.15, 0.2) is 71.7 Å². The number of hydrogen-bond donors (Lipinski definition) is 1. The first-order valence-corrected chi connectivity index (χ1v) is 9.19. The molecule has 0 radical (unpaired) electrons. The molecule has 2 heterocycles. The van der Waals surface area contributed by atoms with Gasteiger partial charge in [-0.25, -0.2) is 0 Å². The van der Waals surface area contributed by atoms with Crippen LogP contribution in [0.2, 0.25) is 5.02 Å². The number of anilines is 1. The van der Waals surface area contributed by atoms with Crippen LogP contribution in [0.5, 0.6) is 5.75 Å². The van der Waals surface area contributed by atoms with Crippen LogP contribution < -0.4 is 9.64 Å². The minimum Gasteiger partial charge on any atom is -0.486 e. The van der Waals surface area contributed by atoms with Gasteiger partial charge in [-0.3, -0.25) is 14.7 Å². The summed E-state index contributed by atoms with van der Waals surface area (Å²) in [6, 6.07) is 19.3. The molecule has 2 aliphatic rings. The molecular formula is C22H15ClN2O3. The van der Waals surface area contributed by atoms with E-state index in [0.29, 0.717) is 45.4 Å². The van der Waals surface area contributed by atoms with Gasteiger partial charge in [0.25, 0.3) is 5.91 Å². The van der Waals surface area contributed by atoms with Gasteiger partial charge in [-0.05, 0) is 36.4 Å². The fourth-order valence-electron chi connectivity index (χ4n) is 3.78. The lowest BCUT2D eigenvalue weighted by molar-refractivity contribution is 0.0703. The summed E-state index contributed by atoms with van der Waals surface area (Å²) >= 11 is 6.39. The standard InChI is InChI=1S/C22H15ClN2O3/c23-17-7-3-4-8-19(17)25-21(26)15-5-1-2-6-16(15)22(25,27)14-9-10-20-18(13-14)24-11-12-28-20/h1-11,13,27H,12H2. The number of carbonyl (C=O) groups is 1. The zero-order valence-electron chi connectivity index (χ0n) is 14.7. The van der Waals surface area contributed by atoms with E-state index in [1.54, 1.807) is 72.9 Å². The molecule has 138 valence electrons. The summed E-state index contributed by atoms with van der Waals surface area (Å²) in [5, 5.41) is 12.4. The number of halogens is 1. The number of para-hydroxylation sites is 1. The van der Waals surface area contributed by atoms with E-state index in [4.69, 9.17) is 16.3 Å². The number of fused-ring (bicyclic) bond motifs is 2. The monoisotopic (exact) mass is 390 g/mol. The summed E-state index contributed by atoms with van der Waals surface area (Å²) in [7, 11) is 0. The molecule has 0 fully saturated rings. The molecule has 0 saturated carbocycles. The molecule has 0 aliphatic carbocycles. The number of aliphatic hydroxyl groups is 1. The average Bonchev–Trinajstić information content (AvgIpc) is 2.97. The Morgan fingerprint density at radius 2 is 1.86 bits per heavy atom. The second kappa shape index (κ2) is 6.19. The molecule has 6 heteroatoms. The van der Waals surface area contributed by atoms with Crippen LogP contribution in [0.1, 0.15) is 21.5 Å². The van der Waals surface area contributed by atoms with Gasteiger partial charge in [-0.15, -0.1) is 0 Å². The Morgan fingerprint density at radius 1 is 1.07 bits per heavy atom. The molecule has 0 spiro atoms. The summed E-state index contributed by atoms with van der Waals surface area (Å²) in [5.74, 6) is 0.320. The van der Waals surface area contributed by atoms with Crippen molar-refractivity contribution in [2.24, 2.45) is 4.99 Å². The van der Waals surface area contributed by atoms with E-state index >= 15 is 0 Å². The summed E-state index contributed by atoms with van der Waals surface area (Å²) in [6.45, 7) is 0.406. The molecule has 3 aromatic carbocycles. The van der Waals surface area contributed by atoms with Gasteiger partial charge in [-0.1, -0.05) is 41.9 Å². The molecule has 5 nitrogen and oxygen atoms in total. The van der Waals surface area contributed by atoms with Crippen molar-refractivity contribution in [2.75, 3.05) is 11.5 Å². The summed E-state index contributed by atoms with van der Waals surface area (Å²) in [4.78, 5) is 19.0. The predicted octanol–water partition coefficient (Wildman–Crippen LogP) is 4.29. The third kappa shape index (κ3) is 2.30. The zero-order chi connectivity index (χ0) is 19.3. The number of amides is 1. The first-order chi connectivity index (χ1) is 13.6. The van der Waals surface area contributed by atoms with E-state index in [9.17, 15) is 9.90 Å². The lowest BCUT2D eigenvalue weighted by Crippen LogP contribution is -2.45. The van der Waals surface area contributed by atoms with E-state index in [0.717, 1.165) is 0 Å². The Hall–Kier alpha value is -3.15. The minimum absolute atomic E-state index is 0.316. The van der Waals surface area contributed by atoms with E-state index < -0.39 is 5.72 Å². The van der Waals surface area contributed by atoms with Crippen molar-refractivity contribution in [2.45, 2.75) is 5.72 Å². The number of hydrogen-bond acceptors (Lipinski definition) is 4. The molecule has 1 atom stereocenters. The summed E-state index contributed by atoms with van der Waals surface area (Å²) in [5.41, 5.74) is 0.759. The van der Waals surface area contributed by atoms with E-state index in [1.165, 1.54) is 4.90 Å². The number of ether oxygens (including phenoxy) is 1. The summed E-state index contributed by atoms with van der Waals surface area (Å²) < 4.78 is 5.56. The summed E-state index contributed by atoms with van der Waals surface area (Å²) in [6.07, 6.45) is 1.66. The van der Waals surface area contributed by atoms with Crippen molar-refractivity contribution in [3.8, 4) is 5.75 Å². The lowest BCUT2D eigenvalue weighted by atomic mass is 9.93. The molecule has 1 unspecified atom stereocenters. The van der Waals surface area contributed by atoms with Crippen molar-refractivity contribution in [3.05, 3.63) is 88.4 Å². The molecule has 3 aromatic rings. The normalized spacial score (nSPS) is 19.9. The highest BCUT2D eigenvalue weighted by atomic mass is 35.5. The highest BCUT2D eigenvalue weighted by Crippen LogP contribution is 2.48. The maximum Gasteiger partial charge on any atom is 0.261 e. The van der Waals surface area contributed by atoms with E-state index in [1.807, 2.05) is 0 Å². The quantitative estimate of drug-likeness (QED) is 0.710. The highest BCUT2D eigenvalue weighted by Gasteiger charge is 2.51. The van der Waals surface area contributed by atoms with Gasteiger partial charge in [0, 0.05) is 22.9 Å². The molecule has 1 N–H and O–H groups in total. The molecular weight excluding hydrogens is 376 g/mol. The maximum atomic E-state index is 13.3. The minimum atomic E-state index is -1.72. The molecule has 5 rings (SSSR count). The van der Waals surface area contributed by atoms with Gasteiger partial charge in [-0.2, -0.15) is 0 Å². The second-order valence-corrected chi connectivity index (χ2v) is 7.02. The molecule has 0 aromatic heterocycles. The third-order valence-electron chi connectivity index (χ3n) is 5.06. The molecule has 0 bridgehead atoms. The van der Waals surface area contributed by atoms with Gasteiger partial charge in [0.15, 0.2) is 5.72 Å². The number of carbonyl (C=O) groups excluding carboxylic acids is 1. The maximum absolute atomic E-state index is 13.3. The molecule has 2 aliphatic heterocycles. The van der Waals surface area contributed by atoms with Crippen LogP contribution in [0, 0.1) is 0 Å². The van der Waals surface area contributed by atoms with Crippen LogP contribution in [-0.4, -0.2) is 23.8 Å². The van der Waals surface area contributed by atoms with Crippen molar-refractivity contribution < 1.29 is 14.6 Å². The average molecular weight is 391 g/mol. The van der Waals surface area contributed by atoms with Crippen molar-refractivity contribution in [1.82, 2.24) is 0 Å². The first kappa shape index (κ1) is 17.0. The second-order valence-electron chi connectivity index (χ2n) is 6.61. The first-order valence-electron chi connectivity index (χ1n) is 8.81. The van der Waals surface area contributed by atoms with Gasteiger partial charge >= 0.3 is 0 Å². The number of aliphatic imine (C=N–C) groups is 1. The van der Waals surface area contributed by atoms with E-state index in [-0.39, 0.29) is 5.91 Å². The Balaban J connectivity index is 1.78. The van der Waals surface area contributed by atoms with Gasteiger partial charge in [0.2, 0.25) is 0 Å². The molecule has 1 amide bonds. The molecule has 28 heavy (non-hydrogen) atoms. The SMILES string of the molecule is O=C1c2ccccc2C(O)(c2ccc3c(c2)N=CCO3)N1c1ccccc1Cl. The fourth-order valence-corrected chi connectivity index (χ4v) is 4.00. The van der Waals surface area contributed by atoms with Crippen molar-refractivity contribution in [1.29, 1.82) is 0 Å². The van der Waals surface area contributed by atoms with Crippen LogP contribution in [0.3, 0.4) is 0 Å². The van der Waals surface area contributed by atoms with E-state index in [2.05, 4.69) is 4.99 Å². The third-order valence-corrected chi connectivity index (χ3v) is 5.38. The van der Waals surface area contributed by atoms with Crippen LogP contribution >= 0.6 is 11.6 Å². The Kier molecular flexibility index (Phi) is 3.75. The number of benzene rings is 3. The van der Waals surface area contributed by atoms with Gasteiger partial charge < -0.3 is 9.84 Å². The number of nitrogens with zero attached hydrogens (tertiary/aromatic N) is 2. The van der Waals surface area contributed by atoms with Crippen LogP contribution in [0.25, 0.3) is 0 Å². The Labute approximate surface area is 166 Å². The topological polar surface area (TPSA) is 62.1 Å². The Bertz CT molecular complexity index is 1140. The van der Waals surface area contributed by atoms with Gasteiger partial charge in [0.1, 0.15) is 18.0 Å². The van der Waals surface area contributed by atoms with Gasteiger partial charge in [0.05, 0.1) is 10.7 Å². The predicted molar refractivity (Wildman–Crippen MR) is 108 cm³/mol. The highest BCUT2D eigenvalue weighted by molar-refractivity contribution is 6.34. The van der Waals surface area contributed by atoms with Crippen LogP contribution in [-0.2, 0) is 5.72 Å². The van der Waals surface area contributed by atoms with Crippen LogP contribution in [0.4, 0.5) is 11.4 Å². The molecule has 0 saturated heterocycles. The zero-order valence-corrected chi connectivity index (χ0v) is 15.4. The van der Waals surface area contributed by atoms with Crippen molar-refractivity contribution in [3.63, 3.8) is 0 Å². The fraction of sp³-hybridized carbons (Fsp3) is 0.0909. The smallest absolute Gasteiger partial charge is 0.261 e. The Morgan fingerprint density at radius 3 is 2.71 bits per heavy atom. The van der Waals surface area contributed by atoms with Crippen molar-refractivity contribution >= 4 is 35.1 Å².